The summed E-state index contributed by atoms with van der Waals surface area (Å²) in [4.78, 5) is -0.555. The lowest BCUT2D eigenvalue weighted by atomic mass is 10.0. The summed E-state index contributed by atoms with van der Waals surface area (Å²) in [6.45, 7) is 8.51. The van der Waals surface area contributed by atoms with Crippen LogP contribution in [-0.4, -0.2) is 15.0 Å². The minimum atomic E-state index is -4.03. The van der Waals surface area contributed by atoms with Crippen molar-refractivity contribution < 1.29 is 17.2 Å². The summed E-state index contributed by atoms with van der Waals surface area (Å²) in [6.07, 6.45) is 0. The molecular formula is C14H18BrF2NO2S. The second-order valence-electron chi connectivity index (χ2n) is 6.55. The van der Waals surface area contributed by atoms with Gasteiger partial charge in [-0.15, -0.1) is 0 Å². The Morgan fingerprint density at radius 2 is 1.71 bits per heavy atom. The predicted molar refractivity (Wildman–Crippen MR) is 80.3 cm³/mol. The topological polar surface area (TPSA) is 46.2 Å². The summed E-state index contributed by atoms with van der Waals surface area (Å²) in [7, 11) is -4.03. The summed E-state index contributed by atoms with van der Waals surface area (Å²) in [6, 6.07) is 1.49. The van der Waals surface area contributed by atoms with Gasteiger partial charge in [0.05, 0.1) is 0 Å². The molecule has 0 unspecified atom stereocenters. The number of sulfonamides is 1. The lowest BCUT2D eigenvalue weighted by Crippen LogP contribution is -2.28. The van der Waals surface area contributed by atoms with Crippen LogP contribution in [0.25, 0.3) is 0 Å². The van der Waals surface area contributed by atoms with Crippen LogP contribution in [0.1, 0.15) is 27.7 Å². The SMILES string of the molecule is CC1(C)C(CNS(=O)(=O)c2c(F)cc(F)cc2Br)C1(C)C. The molecule has 1 aromatic rings. The Kier molecular flexibility index (Phi) is 4.00. The summed E-state index contributed by atoms with van der Waals surface area (Å²) in [5.74, 6) is -1.77. The van der Waals surface area contributed by atoms with Crippen molar-refractivity contribution in [2.45, 2.75) is 32.6 Å². The first kappa shape index (κ1) is 16.8. The van der Waals surface area contributed by atoms with Crippen molar-refractivity contribution in [3.05, 3.63) is 28.2 Å². The standard InChI is InChI=1S/C14H18BrF2NO2S/c1-13(2)11(14(13,3)4)7-18-21(19,20)12-9(15)5-8(16)6-10(12)17/h5-6,11,18H,7H2,1-4H3. The summed E-state index contributed by atoms with van der Waals surface area (Å²) in [5, 5.41) is 0. The van der Waals surface area contributed by atoms with Gasteiger partial charge in [0.2, 0.25) is 10.0 Å². The largest absolute Gasteiger partial charge is 0.244 e. The highest BCUT2D eigenvalue weighted by atomic mass is 79.9. The lowest BCUT2D eigenvalue weighted by Gasteiger charge is -2.10. The van der Waals surface area contributed by atoms with E-state index in [4.69, 9.17) is 0 Å². The predicted octanol–water partition coefficient (Wildman–Crippen LogP) is 3.69. The summed E-state index contributed by atoms with van der Waals surface area (Å²) in [5.41, 5.74) is 0.0438. The van der Waals surface area contributed by atoms with Crippen molar-refractivity contribution in [3.63, 3.8) is 0 Å². The molecule has 1 aliphatic carbocycles. The normalized spacial score (nSPS) is 20.5. The summed E-state index contributed by atoms with van der Waals surface area (Å²) >= 11 is 2.90. The molecule has 1 fully saturated rings. The zero-order valence-electron chi connectivity index (χ0n) is 12.3. The van der Waals surface area contributed by atoms with Crippen molar-refractivity contribution >= 4 is 26.0 Å². The van der Waals surface area contributed by atoms with Crippen molar-refractivity contribution in [1.29, 1.82) is 0 Å². The molecule has 0 amide bonds. The number of hydrogen-bond acceptors (Lipinski definition) is 2. The maximum Gasteiger partial charge on any atom is 0.244 e. The van der Waals surface area contributed by atoms with Gasteiger partial charge in [-0.05, 0) is 38.7 Å². The molecule has 0 atom stereocenters. The summed E-state index contributed by atoms with van der Waals surface area (Å²) < 4.78 is 53.6. The molecule has 7 heteroatoms. The van der Waals surface area contributed by atoms with E-state index in [1.807, 2.05) is 0 Å². The fourth-order valence-corrected chi connectivity index (χ4v) is 5.10. The van der Waals surface area contributed by atoms with Crippen LogP contribution in [0.15, 0.2) is 21.5 Å². The van der Waals surface area contributed by atoms with Gasteiger partial charge in [0, 0.05) is 17.1 Å². The molecule has 1 saturated carbocycles. The first-order valence-corrected chi connectivity index (χ1v) is 8.83. The Hall–Kier alpha value is -0.530. The van der Waals surface area contributed by atoms with Crippen molar-refractivity contribution in [3.8, 4) is 0 Å². The smallest absolute Gasteiger partial charge is 0.211 e. The monoisotopic (exact) mass is 381 g/mol. The Balaban J connectivity index is 2.22. The number of rotatable bonds is 4. The first-order valence-electron chi connectivity index (χ1n) is 6.55. The third-order valence-corrected chi connectivity index (χ3v) is 7.42. The molecule has 0 spiro atoms. The zero-order chi connectivity index (χ0) is 16.2. The Morgan fingerprint density at radius 3 is 2.14 bits per heavy atom. The highest BCUT2D eigenvalue weighted by Crippen LogP contribution is 2.68. The van der Waals surface area contributed by atoms with Crippen LogP contribution in [0.5, 0.6) is 0 Å². The Bertz CT molecular complexity index is 649. The third-order valence-electron chi connectivity index (χ3n) is 5.03. The molecule has 1 aliphatic rings. The fraction of sp³-hybridized carbons (Fsp3) is 0.571. The molecule has 2 rings (SSSR count). The van der Waals surface area contributed by atoms with Crippen LogP contribution in [0.2, 0.25) is 0 Å². The van der Waals surface area contributed by atoms with Crippen LogP contribution < -0.4 is 4.72 Å². The average molecular weight is 382 g/mol. The van der Waals surface area contributed by atoms with Gasteiger partial charge in [-0.3, -0.25) is 0 Å². The van der Waals surface area contributed by atoms with Gasteiger partial charge in [-0.1, -0.05) is 27.7 Å². The van der Waals surface area contributed by atoms with E-state index in [2.05, 4.69) is 48.3 Å². The van der Waals surface area contributed by atoms with Gasteiger partial charge < -0.3 is 0 Å². The molecule has 0 heterocycles. The van der Waals surface area contributed by atoms with Gasteiger partial charge in [-0.2, -0.15) is 0 Å². The number of halogens is 3. The highest BCUT2D eigenvalue weighted by molar-refractivity contribution is 9.10. The van der Waals surface area contributed by atoms with Gasteiger partial charge in [0.25, 0.3) is 0 Å². The second-order valence-corrected chi connectivity index (χ2v) is 9.10. The van der Waals surface area contributed by atoms with Crippen LogP contribution >= 0.6 is 15.9 Å². The van der Waals surface area contributed by atoms with E-state index >= 15 is 0 Å². The van der Waals surface area contributed by atoms with Crippen LogP contribution in [0.4, 0.5) is 8.78 Å². The van der Waals surface area contributed by atoms with Gasteiger partial charge in [-0.25, -0.2) is 21.9 Å². The van der Waals surface area contributed by atoms with E-state index in [-0.39, 0.29) is 27.8 Å². The zero-order valence-corrected chi connectivity index (χ0v) is 14.7. The van der Waals surface area contributed by atoms with Gasteiger partial charge in [0.15, 0.2) is 0 Å². The van der Waals surface area contributed by atoms with Crippen LogP contribution in [0.3, 0.4) is 0 Å². The molecule has 0 radical (unpaired) electrons. The highest BCUT2D eigenvalue weighted by Gasteiger charge is 2.64. The second kappa shape index (κ2) is 4.99. The molecule has 1 N–H and O–H groups in total. The van der Waals surface area contributed by atoms with E-state index in [0.717, 1.165) is 6.07 Å². The number of hydrogen-bond donors (Lipinski definition) is 1. The Labute approximate surface area is 132 Å². The van der Waals surface area contributed by atoms with Crippen LogP contribution in [-0.2, 0) is 10.0 Å². The Morgan fingerprint density at radius 1 is 1.19 bits per heavy atom. The van der Waals surface area contributed by atoms with Crippen molar-refractivity contribution in [1.82, 2.24) is 4.72 Å². The minimum Gasteiger partial charge on any atom is -0.211 e. The molecule has 21 heavy (non-hydrogen) atoms. The van der Waals surface area contributed by atoms with E-state index in [1.165, 1.54) is 0 Å². The number of nitrogens with one attached hydrogen (secondary N) is 1. The quantitative estimate of drug-likeness (QED) is 0.864. The lowest BCUT2D eigenvalue weighted by molar-refractivity contribution is 0.457. The number of benzene rings is 1. The van der Waals surface area contributed by atoms with Crippen LogP contribution in [0, 0.1) is 28.4 Å². The van der Waals surface area contributed by atoms with E-state index < -0.39 is 26.6 Å². The van der Waals surface area contributed by atoms with E-state index in [1.54, 1.807) is 0 Å². The molecule has 118 valence electrons. The average Bonchev–Trinajstić information content (AvgIpc) is 2.64. The molecular weight excluding hydrogens is 364 g/mol. The molecule has 0 aliphatic heterocycles. The third kappa shape index (κ3) is 2.75. The van der Waals surface area contributed by atoms with E-state index in [9.17, 15) is 17.2 Å². The van der Waals surface area contributed by atoms with Crippen molar-refractivity contribution in [2.24, 2.45) is 16.7 Å². The fourth-order valence-electron chi connectivity index (χ4n) is 2.89. The van der Waals surface area contributed by atoms with Gasteiger partial charge >= 0.3 is 0 Å². The van der Waals surface area contributed by atoms with Crippen molar-refractivity contribution in [2.75, 3.05) is 6.54 Å². The molecule has 3 nitrogen and oxygen atoms in total. The molecule has 0 bridgehead atoms. The van der Waals surface area contributed by atoms with E-state index in [0.29, 0.717) is 6.07 Å². The van der Waals surface area contributed by atoms with Gasteiger partial charge in [0.1, 0.15) is 16.5 Å². The molecule has 0 aromatic heterocycles. The first-order chi connectivity index (χ1) is 9.41. The maximum absolute atomic E-state index is 13.8. The minimum absolute atomic E-state index is 0.0219. The molecule has 1 aromatic carbocycles. The maximum atomic E-state index is 13.8. The molecule has 0 saturated heterocycles.